The standard InChI is InChI=1S/C20H22N4O3/c1-3-12(2)17-19(26)23-15-7-5-4-6-14(15)11-24(17)20(27)13-8-9-16(18(21)25)22-10-13/h4-10,12,17H,3,11H2,1-2H3,(H2,21,25)(H,23,26)/t12-,17-/m0/s1. The van der Waals surface area contributed by atoms with Gasteiger partial charge in [0, 0.05) is 18.4 Å². The summed E-state index contributed by atoms with van der Waals surface area (Å²) in [5.41, 5.74) is 7.18. The van der Waals surface area contributed by atoms with Crippen LogP contribution in [0.3, 0.4) is 0 Å². The minimum Gasteiger partial charge on any atom is -0.364 e. The van der Waals surface area contributed by atoms with E-state index in [9.17, 15) is 14.4 Å². The first-order chi connectivity index (χ1) is 12.9. The fourth-order valence-corrected chi connectivity index (χ4v) is 3.23. The number of aromatic nitrogens is 1. The Balaban J connectivity index is 2.00. The van der Waals surface area contributed by atoms with E-state index in [0.717, 1.165) is 12.0 Å². The van der Waals surface area contributed by atoms with E-state index in [1.54, 1.807) is 4.90 Å². The van der Waals surface area contributed by atoms with Crippen molar-refractivity contribution in [1.29, 1.82) is 0 Å². The van der Waals surface area contributed by atoms with E-state index in [4.69, 9.17) is 5.73 Å². The molecule has 1 aliphatic rings. The molecule has 0 fully saturated rings. The van der Waals surface area contributed by atoms with Crippen LogP contribution in [0.4, 0.5) is 5.69 Å². The highest BCUT2D eigenvalue weighted by atomic mass is 16.2. The van der Waals surface area contributed by atoms with E-state index in [-0.39, 0.29) is 23.4 Å². The average Bonchev–Trinajstić information content (AvgIpc) is 2.82. The van der Waals surface area contributed by atoms with Gasteiger partial charge in [0.05, 0.1) is 5.56 Å². The van der Waals surface area contributed by atoms with Gasteiger partial charge in [-0.05, 0) is 29.7 Å². The lowest BCUT2D eigenvalue weighted by Gasteiger charge is -2.32. The van der Waals surface area contributed by atoms with E-state index in [1.807, 2.05) is 38.1 Å². The number of pyridine rings is 1. The predicted molar refractivity (Wildman–Crippen MR) is 101 cm³/mol. The molecule has 1 aromatic carbocycles. The molecule has 7 nitrogen and oxygen atoms in total. The third-order valence-electron chi connectivity index (χ3n) is 4.93. The van der Waals surface area contributed by atoms with Crippen LogP contribution in [0.25, 0.3) is 0 Å². The van der Waals surface area contributed by atoms with Crippen molar-refractivity contribution in [3.05, 3.63) is 59.4 Å². The molecule has 7 heteroatoms. The summed E-state index contributed by atoms with van der Waals surface area (Å²) in [6.45, 7) is 4.25. The van der Waals surface area contributed by atoms with E-state index >= 15 is 0 Å². The number of primary amides is 1. The number of carbonyl (C=O) groups is 3. The van der Waals surface area contributed by atoms with Gasteiger partial charge in [0.1, 0.15) is 11.7 Å². The van der Waals surface area contributed by atoms with Gasteiger partial charge >= 0.3 is 0 Å². The number of para-hydroxylation sites is 1. The van der Waals surface area contributed by atoms with Gasteiger partial charge in [-0.2, -0.15) is 0 Å². The Morgan fingerprint density at radius 1 is 1.30 bits per heavy atom. The Morgan fingerprint density at radius 2 is 2.04 bits per heavy atom. The van der Waals surface area contributed by atoms with Crippen molar-refractivity contribution in [2.45, 2.75) is 32.9 Å². The monoisotopic (exact) mass is 366 g/mol. The Bertz CT molecular complexity index is 879. The minimum atomic E-state index is -0.658. The van der Waals surface area contributed by atoms with Gasteiger partial charge in [-0.1, -0.05) is 38.5 Å². The lowest BCUT2D eigenvalue weighted by atomic mass is 9.96. The van der Waals surface area contributed by atoms with Crippen LogP contribution >= 0.6 is 0 Å². The first kappa shape index (κ1) is 18.6. The third-order valence-corrected chi connectivity index (χ3v) is 4.93. The maximum atomic E-state index is 13.2. The molecule has 3 amide bonds. The molecule has 1 aromatic heterocycles. The molecule has 0 unspecified atom stereocenters. The zero-order valence-electron chi connectivity index (χ0n) is 15.3. The molecule has 0 aliphatic carbocycles. The Kier molecular flexibility index (Phi) is 5.21. The number of anilines is 1. The van der Waals surface area contributed by atoms with Crippen LogP contribution in [0, 0.1) is 5.92 Å². The number of carbonyl (C=O) groups excluding carboxylic acids is 3. The Hall–Kier alpha value is -3.22. The molecule has 3 rings (SSSR count). The highest BCUT2D eigenvalue weighted by Gasteiger charge is 2.37. The fourth-order valence-electron chi connectivity index (χ4n) is 3.23. The van der Waals surface area contributed by atoms with Gasteiger partial charge in [-0.15, -0.1) is 0 Å². The molecule has 1 aliphatic heterocycles. The van der Waals surface area contributed by atoms with Crippen LogP contribution in [0.15, 0.2) is 42.6 Å². The maximum absolute atomic E-state index is 13.2. The van der Waals surface area contributed by atoms with Crippen LogP contribution in [-0.4, -0.2) is 33.6 Å². The molecule has 27 heavy (non-hydrogen) atoms. The van der Waals surface area contributed by atoms with Gasteiger partial charge in [-0.3, -0.25) is 19.4 Å². The molecular formula is C20H22N4O3. The van der Waals surface area contributed by atoms with Gasteiger partial charge in [0.25, 0.3) is 11.8 Å². The van der Waals surface area contributed by atoms with Crippen molar-refractivity contribution in [1.82, 2.24) is 9.88 Å². The smallest absolute Gasteiger partial charge is 0.267 e. The van der Waals surface area contributed by atoms with Crippen LogP contribution < -0.4 is 11.1 Å². The summed E-state index contributed by atoms with van der Waals surface area (Å²) in [7, 11) is 0. The minimum absolute atomic E-state index is 0.0267. The number of amides is 3. The molecule has 0 spiro atoms. The topological polar surface area (TPSA) is 105 Å². The first-order valence-corrected chi connectivity index (χ1v) is 8.88. The molecular weight excluding hydrogens is 344 g/mol. The quantitative estimate of drug-likeness (QED) is 0.865. The largest absolute Gasteiger partial charge is 0.364 e. The third kappa shape index (κ3) is 3.67. The van der Waals surface area contributed by atoms with E-state index in [1.165, 1.54) is 18.3 Å². The number of nitrogens with one attached hydrogen (secondary N) is 1. The summed E-state index contributed by atoms with van der Waals surface area (Å²) < 4.78 is 0. The number of rotatable bonds is 4. The summed E-state index contributed by atoms with van der Waals surface area (Å²) in [5, 5.41) is 2.94. The Morgan fingerprint density at radius 3 is 2.67 bits per heavy atom. The molecule has 2 atom stereocenters. The average molecular weight is 366 g/mol. The molecule has 0 bridgehead atoms. The SMILES string of the molecule is CC[C@H](C)[C@H]1C(=O)Nc2ccccc2CN1C(=O)c1ccc(C(N)=O)nc1. The van der Waals surface area contributed by atoms with E-state index < -0.39 is 11.9 Å². The Labute approximate surface area is 157 Å². The summed E-state index contributed by atoms with van der Waals surface area (Å²) >= 11 is 0. The van der Waals surface area contributed by atoms with Crippen molar-refractivity contribution in [2.24, 2.45) is 11.7 Å². The molecule has 3 N–H and O–H groups in total. The van der Waals surface area contributed by atoms with Crippen molar-refractivity contribution in [2.75, 3.05) is 5.32 Å². The molecule has 2 heterocycles. The maximum Gasteiger partial charge on any atom is 0.267 e. The summed E-state index contributed by atoms with van der Waals surface area (Å²) in [4.78, 5) is 42.8. The highest BCUT2D eigenvalue weighted by Crippen LogP contribution is 2.28. The van der Waals surface area contributed by atoms with Crippen molar-refractivity contribution in [3.8, 4) is 0 Å². The second kappa shape index (κ2) is 7.57. The first-order valence-electron chi connectivity index (χ1n) is 8.88. The predicted octanol–water partition coefficient (Wildman–Crippen LogP) is 2.19. The van der Waals surface area contributed by atoms with Crippen molar-refractivity contribution >= 4 is 23.4 Å². The number of nitrogens with two attached hydrogens (primary N) is 1. The lowest BCUT2D eigenvalue weighted by molar-refractivity contribution is -0.122. The zero-order valence-corrected chi connectivity index (χ0v) is 15.3. The number of hydrogen-bond donors (Lipinski definition) is 2. The lowest BCUT2D eigenvalue weighted by Crippen LogP contribution is -2.48. The van der Waals surface area contributed by atoms with Gasteiger partial charge < -0.3 is 16.0 Å². The molecule has 0 saturated heterocycles. The van der Waals surface area contributed by atoms with Gasteiger partial charge in [0.2, 0.25) is 5.91 Å². The van der Waals surface area contributed by atoms with Crippen molar-refractivity contribution < 1.29 is 14.4 Å². The number of fused-ring (bicyclic) bond motifs is 1. The summed E-state index contributed by atoms with van der Waals surface area (Å²) in [6.07, 6.45) is 2.07. The van der Waals surface area contributed by atoms with Crippen LogP contribution in [0.2, 0.25) is 0 Å². The molecule has 140 valence electrons. The fraction of sp³-hybridized carbons (Fsp3) is 0.300. The second-order valence-corrected chi connectivity index (χ2v) is 6.71. The summed E-state index contributed by atoms with van der Waals surface area (Å²) in [5.74, 6) is -1.20. The van der Waals surface area contributed by atoms with Crippen LogP contribution in [-0.2, 0) is 11.3 Å². The number of benzene rings is 1. The van der Waals surface area contributed by atoms with Crippen molar-refractivity contribution in [3.63, 3.8) is 0 Å². The van der Waals surface area contributed by atoms with E-state index in [0.29, 0.717) is 17.8 Å². The normalized spacial score (nSPS) is 17.5. The molecule has 0 radical (unpaired) electrons. The molecule has 2 aromatic rings. The number of hydrogen-bond acceptors (Lipinski definition) is 4. The van der Waals surface area contributed by atoms with Gasteiger partial charge in [0.15, 0.2) is 0 Å². The molecule has 0 saturated carbocycles. The van der Waals surface area contributed by atoms with Gasteiger partial charge in [-0.25, -0.2) is 0 Å². The highest BCUT2D eigenvalue weighted by molar-refractivity contribution is 6.02. The second-order valence-electron chi connectivity index (χ2n) is 6.71. The van der Waals surface area contributed by atoms with Crippen LogP contribution in [0.1, 0.15) is 46.7 Å². The van der Waals surface area contributed by atoms with Crippen LogP contribution in [0.5, 0.6) is 0 Å². The number of nitrogens with zero attached hydrogens (tertiary/aromatic N) is 2. The van der Waals surface area contributed by atoms with E-state index in [2.05, 4.69) is 10.3 Å². The zero-order chi connectivity index (χ0) is 19.6. The summed E-state index contributed by atoms with van der Waals surface area (Å²) in [6, 6.07) is 9.77.